The first-order valence-corrected chi connectivity index (χ1v) is 7.42. The van der Waals surface area contributed by atoms with Crippen molar-refractivity contribution in [2.75, 3.05) is 13.2 Å². The number of nitrogens with zero attached hydrogens (tertiary/aromatic N) is 2. The molecule has 0 aliphatic carbocycles. The van der Waals surface area contributed by atoms with Crippen LogP contribution < -0.4 is 5.32 Å². The Hall–Kier alpha value is -1.39. The summed E-state index contributed by atoms with van der Waals surface area (Å²) in [6, 6.07) is 8.55. The Morgan fingerprint density at radius 2 is 2.05 bits per heavy atom. The van der Waals surface area contributed by atoms with E-state index in [0.29, 0.717) is 0 Å². The number of fused-ring (bicyclic) bond motifs is 1. The molecule has 110 valence electrons. The maximum absolute atomic E-state index is 5.74. The van der Waals surface area contributed by atoms with E-state index in [1.54, 1.807) is 0 Å². The van der Waals surface area contributed by atoms with Crippen LogP contribution in [-0.2, 0) is 18.2 Å². The Labute approximate surface area is 121 Å². The summed E-state index contributed by atoms with van der Waals surface area (Å²) in [4.78, 5) is 4.74. The van der Waals surface area contributed by atoms with Gasteiger partial charge in [0, 0.05) is 26.1 Å². The minimum Gasteiger partial charge on any atom is -0.377 e. The molecule has 0 spiro atoms. The number of benzene rings is 1. The van der Waals surface area contributed by atoms with Crippen molar-refractivity contribution >= 4 is 11.0 Å². The quantitative estimate of drug-likeness (QED) is 0.844. The fourth-order valence-corrected chi connectivity index (χ4v) is 2.62. The standard InChI is InChI=1S/C16H25N3O/c1-5-17-14(12(3)20-6-2)11-16-18-13-9-7-8-10-15(13)19(16)4/h7-10,12,14,17H,5-6,11H2,1-4H3. The van der Waals surface area contributed by atoms with Gasteiger partial charge < -0.3 is 14.6 Å². The van der Waals surface area contributed by atoms with Crippen LogP contribution in [0.3, 0.4) is 0 Å². The highest BCUT2D eigenvalue weighted by Gasteiger charge is 2.20. The van der Waals surface area contributed by atoms with Crippen LogP contribution in [-0.4, -0.2) is 34.8 Å². The number of aromatic nitrogens is 2. The summed E-state index contributed by atoms with van der Waals surface area (Å²) in [5.74, 6) is 1.10. The zero-order chi connectivity index (χ0) is 14.5. The monoisotopic (exact) mass is 275 g/mol. The van der Waals surface area contributed by atoms with Gasteiger partial charge in [0.25, 0.3) is 0 Å². The molecule has 4 heteroatoms. The summed E-state index contributed by atoms with van der Waals surface area (Å²) < 4.78 is 7.92. The van der Waals surface area contributed by atoms with E-state index < -0.39 is 0 Å². The second-order valence-corrected chi connectivity index (χ2v) is 5.10. The van der Waals surface area contributed by atoms with Gasteiger partial charge >= 0.3 is 0 Å². The lowest BCUT2D eigenvalue weighted by Crippen LogP contribution is -2.42. The van der Waals surface area contributed by atoms with Crippen molar-refractivity contribution in [2.24, 2.45) is 7.05 Å². The van der Waals surface area contributed by atoms with E-state index in [9.17, 15) is 0 Å². The zero-order valence-electron chi connectivity index (χ0n) is 12.9. The lowest BCUT2D eigenvalue weighted by atomic mass is 10.1. The number of imidazole rings is 1. The summed E-state index contributed by atoms with van der Waals surface area (Å²) in [6.45, 7) is 7.96. The number of hydrogen-bond acceptors (Lipinski definition) is 3. The summed E-state index contributed by atoms with van der Waals surface area (Å²) >= 11 is 0. The number of hydrogen-bond donors (Lipinski definition) is 1. The average Bonchev–Trinajstić information content (AvgIpc) is 2.76. The summed E-state index contributed by atoms with van der Waals surface area (Å²) in [5, 5.41) is 3.51. The molecule has 2 atom stereocenters. The van der Waals surface area contributed by atoms with Crippen molar-refractivity contribution in [3.8, 4) is 0 Å². The van der Waals surface area contributed by atoms with Gasteiger partial charge in [0.15, 0.2) is 0 Å². The van der Waals surface area contributed by atoms with E-state index in [4.69, 9.17) is 9.72 Å². The minimum atomic E-state index is 0.180. The molecule has 2 rings (SSSR count). The van der Waals surface area contributed by atoms with E-state index in [-0.39, 0.29) is 12.1 Å². The van der Waals surface area contributed by atoms with Crippen molar-refractivity contribution in [3.05, 3.63) is 30.1 Å². The molecule has 2 unspecified atom stereocenters. The van der Waals surface area contributed by atoms with Crippen LogP contribution in [0.2, 0.25) is 0 Å². The Morgan fingerprint density at radius 3 is 2.70 bits per heavy atom. The lowest BCUT2D eigenvalue weighted by Gasteiger charge is -2.24. The van der Waals surface area contributed by atoms with Gasteiger partial charge in [0.1, 0.15) is 5.82 Å². The second kappa shape index (κ2) is 6.86. The van der Waals surface area contributed by atoms with E-state index >= 15 is 0 Å². The number of rotatable bonds is 7. The number of ether oxygens (including phenoxy) is 1. The predicted molar refractivity (Wildman–Crippen MR) is 83.0 cm³/mol. The van der Waals surface area contributed by atoms with Gasteiger partial charge in [0.05, 0.1) is 17.1 Å². The van der Waals surface area contributed by atoms with Crippen LogP contribution in [0.1, 0.15) is 26.6 Å². The molecule has 0 aliphatic rings. The van der Waals surface area contributed by atoms with Crippen molar-refractivity contribution in [1.29, 1.82) is 0 Å². The van der Waals surface area contributed by atoms with E-state index in [0.717, 1.165) is 30.9 Å². The minimum absolute atomic E-state index is 0.180. The van der Waals surface area contributed by atoms with Crippen LogP contribution in [0, 0.1) is 0 Å². The van der Waals surface area contributed by atoms with Gasteiger partial charge in [-0.3, -0.25) is 0 Å². The SMILES string of the molecule is CCNC(Cc1nc2ccccc2n1C)C(C)OCC. The van der Waals surface area contributed by atoms with E-state index in [1.165, 1.54) is 5.52 Å². The van der Waals surface area contributed by atoms with E-state index in [2.05, 4.69) is 49.0 Å². The first-order chi connectivity index (χ1) is 9.67. The molecular weight excluding hydrogens is 250 g/mol. The van der Waals surface area contributed by atoms with Gasteiger partial charge in [0.2, 0.25) is 0 Å². The molecule has 2 aromatic rings. The second-order valence-electron chi connectivity index (χ2n) is 5.10. The highest BCUT2D eigenvalue weighted by atomic mass is 16.5. The molecule has 1 aromatic carbocycles. The first kappa shape index (κ1) is 15.0. The molecule has 0 saturated heterocycles. The molecule has 0 saturated carbocycles. The van der Waals surface area contributed by atoms with Gasteiger partial charge in [-0.15, -0.1) is 0 Å². The van der Waals surface area contributed by atoms with Gasteiger partial charge in [-0.2, -0.15) is 0 Å². The highest BCUT2D eigenvalue weighted by Crippen LogP contribution is 2.16. The van der Waals surface area contributed by atoms with Gasteiger partial charge in [-0.05, 0) is 32.5 Å². The third-order valence-corrected chi connectivity index (χ3v) is 3.74. The average molecular weight is 275 g/mol. The molecule has 4 nitrogen and oxygen atoms in total. The maximum Gasteiger partial charge on any atom is 0.111 e. The molecule has 0 bridgehead atoms. The molecular formula is C16H25N3O. The van der Waals surface area contributed by atoms with Crippen LogP contribution in [0.4, 0.5) is 0 Å². The number of para-hydroxylation sites is 2. The largest absolute Gasteiger partial charge is 0.377 e. The van der Waals surface area contributed by atoms with Crippen LogP contribution in [0.5, 0.6) is 0 Å². The molecule has 1 aromatic heterocycles. The zero-order valence-corrected chi connectivity index (χ0v) is 12.9. The topological polar surface area (TPSA) is 39.1 Å². The Bertz CT molecular complexity index is 550. The first-order valence-electron chi connectivity index (χ1n) is 7.42. The molecule has 1 N–H and O–H groups in total. The molecule has 20 heavy (non-hydrogen) atoms. The van der Waals surface area contributed by atoms with Crippen molar-refractivity contribution in [2.45, 2.75) is 39.3 Å². The smallest absolute Gasteiger partial charge is 0.111 e. The number of aryl methyl sites for hydroxylation is 1. The highest BCUT2D eigenvalue weighted by molar-refractivity contribution is 5.75. The fraction of sp³-hybridized carbons (Fsp3) is 0.562. The Kier molecular flexibility index (Phi) is 5.15. The lowest BCUT2D eigenvalue weighted by molar-refractivity contribution is 0.0474. The number of nitrogens with one attached hydrogen (secondary N) is 1. The molecule has 0 radical (unpaired) electrons. The summed E-state index contributed by atoms with van der Waals surface area (Å²) in [6.07, 6.45) is 1.06. The van der Waals surface area contributed by atoms with Crippen LogP contribution in [0.25, 0.3) is 11.0 Å². The summed E-state index contributed by atoms with van der Waals surface area (Å²) in [5.41, 5.74) is 2.24. The Morgan fingerprint density at radius 1 is 1.30 bits per heavy atom. The molecule has 0 fully saturated rings. The third-order valence-electron chi connectivity index (χ3n) is 3.74. The van der Waals surface area contributed by atoms with Crippen molar-refractivity contribution < 1.29 is 4.74 Å². The molecule has 0 aliphatic heterocycles. The van der Waals surface area contributed by atoms with Crippen molar-refractivity contribution in [1.82, 2.24) is 14.9 Å². The Balaban J connectivity index is 2.21. The molecule has 1 heterocycles. The maximum atomic E-state index is 5.74. The van der Waals surface area contributed by atoms with Gasteiger partial charge in [-0.1, -0.05) is 19.1 Å². The fourth-order valence-electron chi connectivity index (χ4n) is 2.62. The normalized spacial score (nSPS) is 14.6. The third kappa shape index (κ3) is 3.19. The van der Waals surface area contributed by atoms with E-state index in [1.807, 2.05) is 13.0 Å². The van der Waals surface area contributed by atoms with Crippen molar-refractivity contribution in [3.63, 3.8) is 0 Å². The van der Waals surface area contributed by atoms with Gasteiger partial charge in [-0.25, -0.2) is 4.98 Å². The summed E-state index contributed by atoms with van der Waals surface area (Å²) in [7, 11) is 2.08. The number of likely N-dealkylation sites (N-methyl/N-ethyl adjacent to an activating group) is 1. The van der Waals surface area contributed by atoms with Crippen LogP contribution >= 0.6 is 0 Å². The molecule has 0 amide bonds. The predicted octanol–water partition coefficient (Wildman–Crippen LogP) is 2.52. The van der Waals surface area contributed by atoms with Crippen LogP contribution in [0.15, 0.2) is 24.3 Å².